The van der Waals surface area contributed by atoms with Crippen molar-refractivity contribution < 1.29 is 4.79 Å². The van der Waals surface area contributed by atoms with Gasteiger partial charge in [-0.3, -0.25) is 9.69 Å². The lowest BCUT2D eigenvalue weighted by molar-refractivity contribution is -0.124. The van der Waals surface area contributed by atoms with Crippen LogP contribution < -0.4 is 0 Å². The van der Waals surface area contributed by atoms with Gasteiger partial charge in [0, 0.05) is 6.54 Å². The number of likely N-dealkylation sites (N-methyl/N-ethyl adjacent to an activating group) is 1. The van der Waals surface area contributed by atoms with E-state index in [2.05, 4.69) is 11.9 Å². The van der Waals surface area contributed by atoms with Gasteiger partial charge in [0.15, 0.2) is 0 Å². The number of carbonyl (C=O) groups excluding carboxylic acids is 1. The van der Waals surface area contributed by atoms with Gasteiger partial charge in [0.25, 0.3) is 0 Å². The highest BCUT2D eigenvalue weighted by molar-refractivity contribution is 5.81. The molecule has 2 aliphatic rings. The van der Waals surface area contributed by atoms with Crippen LogP contribution in [0.1, 0.15) is 32.6 Å². The molecule has 3 atom stereocenters. The maximum absolute atomic E-state index is 11.4. The van der Waals surface area contributed by atoms with Crippen molar-refractivity contribution in [1.82, 2.24) is 4.90 Å². The van der Waals surface area contributed by atoms with Crippen LogP contribution in [-0.4, -0.2) is 30.3 Å². The van der Waals surface area contributed by atoms with E-state index < -0.39 is 0 Å². The summed E-state index contributed by atoms with van der Waals surface area (Å²) in [5.41, 5.74) is 0. The van der Waals surface area contributed by atoms with Crippen LogP contribution >= 0.6 is 0 Å². The lowest BCUT2D eigenvalue weighted by atomic mass is 9.83. The number of ketones is 1. The fourth-order valence-electron chi connectivity index (χ4n) is 3.10. The number of rotatable bonds is 1. The van der Waals surface area contributed by atoms with Gasteiger partial charge in [-0.25, -0.2) is 0 Å². The van der Waals surface area contributed by atoms with Gasteiger partial charge in [0.1, 0.15) is 5.78 Å². The molecule has 0 aromatic carbocycles. The predicted octanol–water partition coefficient (Wildman–Crippen LogP) is 1.70. The van der Waals surface area contributed by atoms with Gasteiger partial charge in [-0.2, -0.15) is 0 Å². The Bertz CT molecular complexity index is 214. The average Bonchev–Trinajstić information content (AvgIpc) is 2.48. The fraction of sp³-hybridized carbons (Fsp3) is 0.909. The van der Waals surface area contributed by atoms with Crippen LogP contribution in [0, 0.1) is 11.8 Å². The second-order valence-corrected chi connectivity index (χ2v) is 4.75. The first-order chi connectivity index (χ1) is 6.18. The Labute approximate surface area is 80.3 Å². The van der Waals surface area contributed by atoms with E-state index in [1.54, 1.807) is 6.92 Å². The smallest absolute Gasteiger partial charge is 0.146 e. The van der Waals surface area contributed by atoms with Crippen molar-refractivity contribution in [3.05, 3.63) is 0 Å². The number of likely N-dealkylation sites (tertiary alicyclic amines) is 1. The highest BCUT2D eigenvalue weighted by Gasteiger charge is 2.37. The van der Waals surface area contributed by atoms with Crippen molar-refractivity contribution in [2.24, 2.45) is 11.8 Å². The van der Waals surface area contributed by atoms with Crippen LogP contribution in [0.25, 0.3) is 0 Å². The Morgan fingerprint density at radius 1 is 1.31 bits per heavy atom. The van der Waals surface area contributed by atoms with Crippen molar-refractivity contribution in [3.63, 3.8) is 0 Å². The van der Waals surface area contributed by atoms with Gasteiger partial charge < -0.3 is 0 Å². The highest BCUT2D eigenvalue weighted by Crippen LogP contribution is 2.39. The second kappa shape index (κ2) is 3.41. The monoisotopic (exact) mass is 181 g/mol. The van der Waals surface area contributed by atoms with Gasteiger partial charge in [0.05, 0.1) is 6.04 Å². The topological polar surface area (TPSA) is 20.3 Å². The molecule has 1 aliphatic carbocycles. The molecular formula is C11H19NO. The van der Waals surface area contributed by atoms with Gasteiger partial charge in [-0.05, 0) is 38.6 Å². The summed E-state index contributed by atoms with van der Waals surface area (Å²) in [6.45, 7) is 2.88. The maximum Gasteiger partial charge on any atom is 0.146 e. The van der Waals surface area contributed by atoms with Crippen LogP contribution in [0.15, 0.2) is 0 Å². The average molecular weight is 181 g/mol. The lowest BCUT2D eigenvalue weighted by Gasteiger charge is -2.38. The van der Waals surface area contributed by atoms with Crippen molar-refractivity contribution in [2.45, 2.75) is 38.6 Å². The summed E-state index contributed by atoms with van der Waals surface area (Å²) in [5, 5.41) is 0. The fourth-order valence-corrected chi connectivity index (χ4v) is 3.10. The first kappa shape index (κ1) is 9.20. The van der Waals surface area contributed by atoms with E-state index in [9.17, 15) is 4.79 Å². The molecule has 0 radical (unpaired) electrons. The zero-order chi connectivity index (χ0) is 9.42. The number of fused-ring (bicyclic) bond motifs is 1. The summed E-state index contributed by atoms with van der Waals surface area (Å²) < 4.78 is 0. The van der Waals surface area contributed by atoms with Crippen molar-refractivity contribution in [1.29, 1.82) is 0 Å². The Balaban J connectivity index is 2.05. The molecule has 13 heavy (non-hydrogen) atoms. The molecule has 0 aromatic heterocycles. The number of Topliss-reactive ketones (excluding diaryl/α,β-unsaturated/α-hetero) is 1. The Hall–Kier alpha value is -0.370. The number of piperidine rings is 1. The summed E-state index contributed by atoms with van der Waals surface area (Å²) in [6, 6.07) is 0.222. The van der Waals surface area contributed by atoms with E-state index in [4.69, 9.17) is 0 Å². The van der Waals surface area contributed by atoms with E-state index in [1.165, 1.54) is 19.3 Å². The van der Waals surface area contributed by atoms with Crippen LogP contribution in [0.5, 0.6) is 0 Å². The van der Waals surface area contributed by atoms with E-state index in [0.29, 0.717) is 5.78 Å². The molecular weight excluding hydrogens is 162 g/mol. The minimum Gasteiger partial charge on any atom is -0.298 e. The Kier molecular flexibility index (Phi) is 2.41. The Morgan fingerprint density at radius 3 is 2.69 bits per heavy atom. The van der Waals surface area contributed by atoms with Crippen LogP contribution in [-0.2, 0) is 4.79 Å². The van der Waals surface area contributed by atoms with Crippen LogP contribution in [0.2, 0.25) is 0 Å². The quantitative estimate of drug-likeness (QED) is 0.613. The molecule has 0 amide bonds. The molecule has 1 aliphatic heterocycles. The molecule has 0 aromatic rings. The van der Waals surface area contributed by atoms with E-state index in [-0.39, 0.29) is 6.04 Å². The van der Waals surface area contributed by atoms with Crippen molar-refractivity contribution in [3.8, 4) is 0 Å². The first-order valence-corrected chi connectivity index (χ1v) is 5.39. The van der Waals surface area contributed by atoms with Gasteiger partial charge in [-0.1, -0.05) is 12.8 Å². The van der Waals surface area contributed by atoms with E-state index >= 15 is 0 Å². The molecule has 2 nitrogen and oxygen atoms in total. The molecule has 1 saturated carbocycles. The molecule has 0 bridgehead atoms. The zero-order valence-corrected chi connectivity index (χ0v) is 8.62. The largest absolute Gasteiger partial charge is 0.298 e. The normalized spacial score (nSPS) is 40.3. The standard InChI is InChI=1S/C11H19NO/c1-8(13)11-6-9-4-3-5-10(9)7-12(11)2/h9-11H,3-7H2,1-2H3. The van der Waals surface area contributed by atoms with Crippen LogP contribution in [0.3, 0.4) is 0 Å². The predicted molar refractivity (Wildman–Crippen MR) is 52.5 cm³/mol. The van der Waals surface area contributed by atoms with E-state index in [0.717, 1.165) is 24.8 Å². The Morgan fingerprint density at radius 2 is 2.00 bits per heavy atom. The zero-order valence-electron chi connectivity index (χ0n) is 8.62. The summed E-state index contributed by atoms with van der Waals surface area (Å²) in [4.78, 5) is 13.6. The number of hydrogen-bond acceptors (Lipinski definition) is 2. The summed E-state index contributed by atoms with van der Waals surface area (Å²) in [6.07, 6.45) is 5.26. The second-order valence-electron chi connectivity index (χ2n) is 4.75. The summed E-state index contributed by atoms with van der Waals surface area (Å²) in [7, 11) is 2.10. The van der Waals surface area contributed by atoms with E-state index in [1.807, 2.05) is 0 Å². The molecule has 0 N–H and O–H groups in total. The number of nitrogens with zero attached hydrogens (tertiary/aromatic N) is 1. The summed E-state index contributed by atoms with van der Waals surface area (Å²) >= 11 is 0. The third-order valence-electron chi connectivity index (χ3n) is 3.87. The highest BCUT2D eigenvalue weighted by atomic mass is 16.1. The first-order valence-electron chi connectivity index (χ1n) is 5.39. The van der Waals surface area contributed by atoms with Gasteiger partial charge in [-0.15, -0.1) is 0 Å². The van der Waals surface area contributed by atoms with Crippen molar-refractivity contribution in [2.75, 3.05) is 13.6 Å². The number of carbonyl (C=O) groups is 1. The van der Waals surface area contributed by atoms with Crippen LogP contribution in [0.4, 0.5) is 0 Å². The maximum atomic E-state index is 11.4. The lowest BCUT2D eigenvalue weighted by Crippen LogP contribution is -2.46. The molecule has 2 fully saturated rings. The number of hydrogen-bond donors (Lipinski definition) is 0. The molecule has 74 valence electrons. The van der Waals surface area contributed by atoms with Gasteiger partial charge >= 0.3 is 0 Å². The summed E-state index contributed by atoms with van der Waals surface area (Å²) in [5.74, 6) is 2.10. The molecule has 2 heteroatoms. The molecule has 2 rings (SSSR count). The van der Waals surface area contributed by atoms with Gasteiger partial charge in [0.2, 0.25) is 0 Å². The third-order valence-corrected chi connectivity index (χ3v) is 3.87. The minimum atomic E-state index is 0.222. The third kappa shape index (κ3) is 1.64. The minimum absolute atomic E-state index is 0.222. The molecule has 0 spiro atoms. The molecule has 3 unspecified atom stereocenters. The SMILES string of the molecule is CC(=O)C1CC2CCCC2CN1C. The molecule has 1 heterocycles. The molecule has 1 saturated heterocycles. The van der Waals surface area contributed by atoms with Crippen molar-refractivity contribution >= 4 is 5.78 Å².